The summed E-state index contributed by atoms with van der Waals surface area (Å²) in [4.78, 5) is 24.8. The molecule has 2 N–H and O–H groups in total. The number of sulfonamides is 1. The molecule has 0 amide bonds. The van der Waals surface area contributed by atoms with Gasteiger partial charge in [-0.1, -0.05) is 30.3 Å². The van der Waals surface area contributed by atoms with Crippen molar-refractivity contribution in [3.63, 3.8) is 0 Å². The first kappa shape index (κ1) is 26.1. The number of anilines is 2. The number of carbonyl (C=O) groups is 1. The van der Waals surface area contributed by atoms with Crippen molar-refractivity contribution in [3.05, 3.63) is 88.0 Å². The number of rotatable bonds is 8. The number of fused-ring (bicyclic) bond motifs is 2. The second-order valence-corrected chi connectivity index (χ2v) is 10.8. The molecule has 2 heterocycles. The van der Waals surface area contributed by atoms with E-state index < -0.39 is 16.0 Å². The third-order valence-electron chi connectivity index (χ3n) is 6.66. The van der Waals surface area contributed by atoms with Gasteiger partial charge in [-0.15, -0.1) is 0 Å². The van der Waals surface area contributed by atoms with Crippen LogP contribution < -0.4 is 15.7 Å². The normalized spacial score (nSPS) is 11.7. The molecule has 0 unspecified atom stereocenters. The Morgan fingerprint density at radius 1 is 0.974 bits per heavy atom. The van der Waals surface area contributed by atoms with Crippen molar-refractivity contribution in [1.82, 2.24) is 9.13 Å². The minimum absolute atomic E-state index is 0.00892. The fourth-order valence-electron chi connectivity index (χ4n) is 4.53. The Kier molecular flexibility index (Phi) is 6.69. The number of furan rings is 1. The topological polar surface area (TPSA) is 125 Å². The second kappa shape index (κ2) is 9.99. The van der Waals surface area contributed by atoms with E-state index in [4.69, 9.17) is 9.15 Å². The van der Waals surface area contributed by atoms with E-state index in [1.54, 1.807) is 40.1 Å². The largest absolute Gasteiger partial charge is 0.460 e. The van der Waals surface area contributed by atoms with Gasteiger partial charge >= 0.3 is 11.7 Å². The number of benzene rings is 3. The molecule has 2 aromatic heterocycles. The number of hydrogen-bond donors (Lipinski definition) is 2. The molecule has 39 heavy (non-hydrogen) atoms. The Balaban J connectivity index is 1.55. The fourth-order valence-corrected chi connectivity index (χ4v) is 5.63. The lowest BCUT2D eigenvalue weighted by Crippen LogP contribution is -2.19. The van der Waals surface area contributed by atoms with Crippen molar-refractivity contribution in [3.8, 4) is 0 Å². The first-order valence-electron chi connectivity index (χ1n) is 12.3. The zero-order chi connectivity index (χ0) is 27.9. The molecule has 0 saturated carbocycles. The van der Waals surface area contributed by atoms with Gasteiger partial charge in [0.25, 0.3) is 10.0 Å². The lowest BCUT2D eigenvalue weighted by molar-refractivity contribution is 0.0491. The van der Waals surface area contributed by atoms with Gasteiger partial charge in [0.15, 0.2) is 0 Å². The highest BCUT2D eigenvalue weighted by Gasteiger charge is 2.23. The molecule has 202 valence electrons. The lowest BCUT2D eigenvalue weighted by Gasteiger charge is -2.16. The molecule has 5 rings (SSSR count). The smallest absolute Gasteiger partial charge is 0.374 e. The summed E-state index contributed by atoms with van der Waals surface area (Å²) >= 11 is 0. The number of aryl methyl sites for hydroxylation is 3. The van der Waals surface area contributed by atoms with Gasteiger partial charge < -0.3 is 14.5 Å². The third-order valence-corrected chi connectivity index (χ3v) is 8.02. The van der Waals surface area contributed by atoms with Crippen LogP contribution in [0.4, 0.5) is 11.4 Å². The van der Waals surface area contributed by atoms with Gasteiger partial charge in [0, 0.05) is 31.6 Å². The monoisotopic (exact) mass is 548 g/mol. The number of carbonyl (C=O) groups excluding carboxylic acids is 1. The van der Waals surface area contributed by atoms with Crippen molar-refractivity contribution in [2.75, 3.05) is 16.6 Å². The van der Waals surface area contributed by atoms with Crippen molar-refractivity contribution in [2.24, 2.45) is 14.1 Å². The van der Waals surface area contributed by atoms with Crippen LogP contribution in [0.5, 0.6) is 0 Å². The fraction of sp³-hybridized carbons (Fsp3) is 0.214. The van der Waals surface area contributed by atoms with Gasteiger partial charge in [0.2, 0.25) is 5.76 Å². The molecule has 0 aliphatic carbocycles. The molecule has 0 fully saturated rings. The first-order valence-corrected chi connectivity index (χ1v) is 13.8. The Hall–Kier alpha value is -4.51. The highest BCUT2D eigenvalue weighted by molar-refractivity contribution is 7.92. The molecule has 0 spiro atoms. The summed E-state index contributed by atoms with van der Waals surface area (Å²) in [6, 6.07) is 17.5. The van der Waals surface area contributed by atoms with Gasteiger partial charge in [-0.3, -0.25) is 13.9 Å². The van der Waals surface area contributed by atoms with E-state index in [1.807, 2.05) is 30.3 Å². The molecule has 0 aliphatic rings. The quantitative estimate of drug-likeness (QED) is 0.273. The number of esters is 1. The molecule has 0 bridgehead atoms. The van der Waals surface area contributed by atoms with Crippen LogP contribution in [0, 0.1) is 6.92 Å². The predicted molar refractivity (Wildman–Crippen MR) is 150 cm³/mol. The van der Waals surface area contributed by atoms with Crippen LogP contribution in [0.3, 0.4) is 0 Å². The highest BCUT2D eigenvalue weighted by atomic mass is 32.2. The van der Waals surface area contributed by atoms with Crippen LogP contribution in [0.1, 0.15) is 28.6 Å². The van der Waals surface area contributed by atoms with Gasteiger partial charge in [-0.25, -0.2) is 18.0 Å². The molecule has 0 radical (unpaired) electrons. The van der Waals surface area contributed by atoms with Crippen molar-refractivity contribution in [1.29, 1.82) is 0 Å². The van der Waals surface area contributed by atoms with Crippen LogP contribution >= 0.6 is 0 Å². The minimum atomic E-state index is -4.08. The molecular weight excluding hydrogens is 520 g/mol. The predicted octanol–water partition coefficient (Wildman–Crippen LogP) is 4.52. The van der Waals surface area contributed by atoms with E-state index in [9.17, 15) is 18.0 Å². The van der Waals surface area contributed by atoms with Crippen molar-refractivity contribution >= 4 is 49.4 Å². The van der Waals surface area contributed by atoms with Crippen LogP contribution in [-0.4, -0.2) is 30.1 Å². The summed E-state index contributed by atoms with van der Waals surface area (Å²) in [5.41, 5.74) is 3.68. The van der Waals surface area contributed by atoms with Gasteiger partial charge in [-0.05, 0) is 49.7 Å². The molecule has 5 aromatic rings. The van der Waals surface area contributed by atoms with E-state index >= 15 is 0 Å². The maximum Gasteiger partial charge on any atom is 0.374 e. The Labute approximate surface area is 224 Å². The average Bonchev–Trinajstić information content (AvgIpc) is 3.36. The molecule has 10 nitrogen and oxygen atoms in total. The van der Waals surface area contributed by atoms with E-state index in [1.165, 1.54) is 27.3 Å². The first-order chi connectivity index (χ1) is 18.6. The van der Waals surface area contributed by atoms with Crippen LogP contribution in [0.15, 0.2) is 74.8 Å². The molecule has 0 saturated heterocycles. The van der Waals surface area contributed by atoms with Crippen LogP contribution in [0.2, 0.25) is 0 Å². The Morgan fingerprint density at radius 2 is 1.64 bits per heavy atom. The standard InChI is InChI=1S/C28H28N4O6S/c1-5-37-27(33)26-17(2)20-13-19(11-12-25(20)38-26)39(35,36)30-22-15-24-23(31(3)28(34)32(24)4)14-21(22)29-16-18-9-7-6-8-10-18/h6-15,29-30H,5,16H2,1-4H3. The van der Waals surface area contributed by atoms with Crippen molar-refractivity contribution < 1.29 is 22.4 Å². The summed E-state index contributed by atoms with van der Waals surface area (Å²) in [5.74, 6) is -0.568. The van der Waals surface area contributed by atoms with E-state index in [2.05, 4.69) is 10.0 Å². The van der Waals surface area contributed by atoms with Crippen LogP contribution in [-0.2, 0) is 35.4 Å². The number of nitrogens with one attached hydrogen (secondary N) is 2. The highest BCUT2D eigenvalue weighted by Crippen LogP contribution is 2.32. The molecule has 0 aliphatic heterocycles. The SMILES string of the molecule is CCOC(=O)c1oc2ccc(S(=O)(=O)Nc3cc4c(cc3NCc3ccccc3)n(C)c(=O)n4C)cc2c1C. The minimum Gasteiger partial charge on any atom is -0.460 e. The molecule has 11 heteroatoms. The number of imidazole rings is 1. The number of aromatic nitrogens is 2. The summed E-state index contributed by atoms with van der Waals surface area (Å²) in [7, 11) is -0.770. The zero-order valence-electron chi connectivity index (χ0n) is 21.9. The third kappa shape index (κ3) is 4.76. The number of hydrogen-bond acceptors (Lipinski definition) is 7. The van der Waals surface area contributed by atoms with Gasteiger partial charge in [0.05, 0.1) is 33.9 Å². The maximum atomic E-state index is 13.6. The Morgan fingerprint density at radius 3 is 2.31 bits per heavy atom. The Bertz CT molecular complexity index is 1880. The second-order valence-electron chi connectivity index (χ2n) is 9.17. The summed E-state index contributed by atoms with van der Waals surface area (Å²) < 4.78 is 43.5. The molecular formula is C28H28N4O6S. The van der Waals surface area contributed by atoms with Gasteiger partial charge in [0.1, 0.15) is 5.58 Å². The van der Waals surface area contributed by atoms with E-state index in [0.29, 0.717) is 39.8 Å². The lowest BCUT2D eigenvalue weighted by atomic mass is 10.1. The molecule has 3 aromatic carbocycles. The number of nitrogens with zero attached hydrogens (tertiary/aromatic N) is 2. The summed E-state index contributed by atoms with van der Waals surface area (Å²) in [6.07, 6.45) is 0. The summed E-state index contributed by atoms with van der Waals surface area (Å²) in [6.45, 7) is 4.01. The average molecular weight is 549 g/mol. The van der Waals surface area contributed by atoms with E-state index in [0.717, 1.165) is 5.56 Å². The zero-order valence-corrected chi connectivity index (χ0v) is 22.8. The van der Waals surface area contributed by atoms with Gasteiger partial charge in [-0.2, -0.15) is 0 Å². The van der Waals surface area contributed by atoms with Crippen LogP contribution in [0.25, 0.3) is 22.0 Å². The maximum absolute atomic E-state index is 13.6. The van der Waals surface area contributed by atoms with E-state index in [-0.39, 0.29) is 28.6 Å². The van der Waals surface area contributed by atoms with Crippen molar-refractivity contribution in [2.45, 2.75) is 25.3 Å². The summed E-state index contributed by atoms with van der Waals surface area (Å²) in [5, 5.41) is 3.79. The number of ether oxygens (including phenoxy) is 1. The molecule has 0 atom stereocenters.